The molecule has 0 spiro atoms. The molecule has 106 valence electrons. The van der Waals surface area contributed by atoms with Crippen LogP contribution in [0, 0.1) is 25.5 Å². The monoisotopic (exact) mass is 403 g/mol. The van der Waals surface area contributed by atoms with E-state index in [1.807, 2.05) is 19.1 Å². The summed E-state index contributed by atoms with van der Waals surface area (Å²) in [7, 11) is 0. The van der Waals surface area contributed by atoms with Gasteiger partial charge in [0.15, 0.2) is 0 Å². The first-order chi connectivity index (χ1) is 9.31. The van der Waals surface area contributed by atoms with Crippen LogP contribution in [0.25, 0.3) is 0 Å². The molecule has 2 aromatic rings. The summed E-state index contributed by atoms with van der Waals surface area (Å²) in [5.74, 6) is -1.20. The van der Waals surface area contributed by atoms with Crippen LogP contribution in [0.4, 0.5) is 8.78 Å². The van der Waals surface area contributed by atoms with Crippen molar-refractivity contribution in [2.24, 2.45) is 5.73 Å². The predicted molar refractivity (Wildman–Crippen MR) is 83.7 cm³/mol. The van der Waals surface area contributed by atoms with Gasteiger partial charge >= 0.3 is 0 Å². The quantitative estimate of drug-likeness (QED) is 0.735. The minimum atomic E-state index is -0.666. The van der Waals surface area contributed by atoms with Crippen molar-refractivity contribution in [3.8, 4) is 0 Å². The van der Waals surface area contributed by atoms with Crippen molar-refractivity contribution in [2.45, 2.75) is 19.9 Å². The molecule has 2 N–H and O–H groups in total. The third-order valence-electron chi connectivity index (χ3n) is 3.23. The Kier molecular flexibility index (Phi) is 4.62. The molecule has 0 saturated carbocycles. The van der Waals surface area contributed by atoms with Gasteiger partial charge in [-0.05, 0) is 48.7 Å². The lowest BCUT2D eigenvalue weighted by atomic mass is 9.96. The van der Waals surface area contributed by atoms with Gasteiger partial charge in [-0.15, -0.1) is 0 Å². The molecule has 0 amide bonds. The van der Waals surface area contributed by atoms with Gasteiger partial charge in [0.05, 0.1) is 6.04 Å². The predicted octanol–water partition coefficient (Wildman–Crippen LogP) is 5.15. The first-order valence-electron chi connectivity index (χ1n) is 5.98. The maximum Gasteiger partial charge on any atom is 0.131 e. The average molecular weight is 405 g/mol. The molecule has 1 nitrogen and oxygen atoms in total. The molecule has 0 aliphatic heterocycles. The van der Waals surface area contributed by atoms with Crippen molar-refractivity contribution >= 4 is 31.9 Å². The Morgan fingerprint density at radius 1 is 0.850 bits per heavy atom. The SMILES string of the molecule is Cc1cc(C(N)c2cc(Br)c(C)cc2Br)c(F)cc1F. The third-order valence-corrected chi connectivity index (χ3v) is 4.77. The van der Waals surface area contributed by atoms with Crippen LogP contribution in [-0.2, 0) is 0 Å². The Labute approximate surface area is 133 Å². The zero-order valence-corrected chi connectivity index (χ0v) is 14.1. The van der Waals surface area contributed by atoms with Crippen LogP contribution in [0.5, 0.6) is 0 Å². The van der Waals surface area contributed by atoms with E-state index in [9.17, 15) is 8.78 Å². The van der Waals surface area contributed by atoms with E-state index in [4.69, 9.17) is 5.73 Å². The summed E-state index contributed by atoms with van der Waals surface area (Å²) in [6.07, 6.45) is 0. The maximum atomic E-state index is 13.9. The number of rotatable bonds is 2. The highest BCUT2D eigenvalue weighted by molar-refractivity contribution is 9.11. The number of halogens is 4. The lowest BCUT2D eigenvalue weighted by Gasteiger charge is -2.17. The van der Waals surface area contributed by atoms with E-state index in [-0.39, 0.29) is 5.56 Å². The van der Waals surface area contributed by atoms with Crippen LogP contribution in [0.2, 0.25) is 0 Å². The van der Waals surface area contributed by atoms with Gasteiger partial charge in [0.25, 0.3) is 0 Å². The number of nitrogens with two attached hydrogens (primary N) is 1. The molecule has 0 aliphatic rings. The van der Waals surface area contributed by atoms with Crippen molar-refractivity contribution in [1.29, 1.82) is 0 Å². The molecule has 1 unspecified atom stereocenters. The number of benzene rings is 2. The molecule has 2 aromatic carbocycles. The smallest absolute Gasteiger partial charge is 0.131 e. The Morgan fingerprint density at radius 3 is 2.15 bits per heavy atom. The second-order valence-corrected chi connectivity index (χ2v) is 6.43. The summed E-state index contributed by atoms with van der Waals surface area (Å²) in [6, 6.07) is 5.42. The molecule has 0 bridgehead atoms. The van der Waals surface area contributed by atoms with Crippen molar-refractivity contribution in [2.75, 3.05) is 0 Å². The summed E-state index contributed by atoms with van der Waals surface area (Å²) < 4.78 is 28.9. The third kappa shape index (κ3) is 2.95. The van der Waals surface area contributed by atoms with Gasteiger partial charge in [0.1, 0.15) is 11.6 Å². The summed E-state index contributed by atoms with van der Waals surface area (Å²) in [5, 5.41) is 0. The second-order valence-electron chi connectivity index (χ2n) is 4.72. The average Bonchev–Trinajstić information content (AvgIpc) is 2.37. The van der Waals surface area contributed by atoms with Gasteiger partial charge in [0.2, 0.25) is 0 Å². The van der Waals surface area contributed by atoms with E-state index in [0.717, 1.165) is 26.1 Å². The van der Waals surface area contributed by atoms with Crippen molar-refractivity contribution < 1.29 is 8.78 Å². The summed E-state index contributed by atoms with van der Waals surface area (Å²) in [4.78, 5) is 0. The van der Waals surface area contributed by atoms with Gasteiger partial charge in [0, 0.05) is 20.6 Å². The zero-order valence-electron chi connectivity index (χ0n) is 11.0. The molecule has 0 saturated heterocycles. The maximum absolute atomic E-state index is 13.9. The highest BCUT2D eigenvalue weighted by Gasteiger charge is 2.19. The largest absolute Gasteiger partial charge is 0.320 e. The van der Waals surface area contributed by atoms with E-state index in [0.29, 0.717) is 5.56 Å². The molecule has 1 atom stereocenters. The van der Waals surface area contributed by atoms with Gasteiger partial charge in [-0.3, -0.25) is 0 Å². The highest BCUT2D eigenvalue weighted by atomic mass is 79.9. The van der Waals surface area contributed by atoms with Gasteiger partial charge in [-0.1, -0.05) is 31.9 Å². The van der Waals surface area contributed by atoms with E-state index in [1.54, 1.807) is 6.92 Å². The fourth-order valence-electron chi connectivity index (χ4n) is 1.99. The first kappa shape index (κ1) is 15.6. The Balaban J connectivity index is 2.54. The zero-order chi connectivity index (χ0) is 15.0. The van der Waals surface area contributed by atoms with Crippen molar-refractivity contribution in [1.82, 2.24) is 0 Å². The number of aryl methyl sites for hydroxylation is 2. The van der Waals surface area contributed by atoms with Crippen LogP contribution in [0.1, 0.15) is 28.3 Å². The number of hydrogen-bond donors (Lipinski definition) is 1. The first-order valence-corrected chi connectivity index (χ1v) is 7.56. The minimum Gasteiger partial charge on any atom is -0.320 e. The van der Waals surface area contributed by atoms with E-state index < -0.39 is 17.7 Å². The van der Waals surface area contributed by atoms with Crippen LogP contribution in [0.3, 0.4) is 0 Å². The van der Waals surface area contributed by atoms with Crippen LogP contribution in [0.15, 0.2) is 33.2 Å². The van der Waals surface area contributed by atoms with Crippen LogP contribution >= 0.6 is 31.9 Å². The van der Waals surface area contributed by atoms with Crippen molar-refractivity contribution in [3.63, 3.8) is 0 Å². The van der Waals surface area contributed by atoms with E-state index in [2.05, 4.69) is 31.9 Å². The Bertz CT molecular complexity index is 614. The molecule has 0 radical (unpaired) electrons. The standard InChI is InChI=1S/C15H13Br2F2N/c1-7-4-12(17)9(5-11(7)16)15(20)10-3-8(2)13(18)6-14(10)19/h3-6,15H,20H2,1-2H3. The van der Waals surface area contributed by atoms with Gasteiger partial charge in [-0.2, -0.15) is 0 Å². The fraction of sp³-hybridized carbons (Fsp3) is 0.200. The molecule has 0 heterocycles. The lowest BCUT2D eigenvalue weighted by Crippen LogP contribution is -2.15. The Hall–Kier alpha value is -0.780. The summed E-state index contributed by atoms with van der Waals surface area (Å²) in [5.41, 5.74) is 8.58. The normalized spacial score (nSPS) is 12.6. The lowest BCUT2D eigenvalue weighted by molar-refractivity contribution is 0.560. The van der Waals surface area contributed by atoms with Gasteiger partial charge in [-0.25, -0.2) is 8.78 Å². The number of hydrogen-bond acceptors (Lipinski definition) is 1. The molecule has 20 heavy (non-hydrogen) atoms. The molecule has 2 rings (SSSR count). The molecule has 0 fully saturated rings. The van der Waals surface area contributed by atoms with Crippen molar-refractivity contribution in [3.05, 3.63) is 67.1 Å². The Morgan fingerprint density at radius 2 is 1.50 bits per heavy atom. The summed E-state index contributed by atoms with van der Waals surface area (Å²) in [6.45, 7) is 3.54. The highest BCUT2D eigenvalue weighted by Crippen LogP contribution is 2.33. The summed E-state index contributed by atoms with van der Waals surface area (Å²) >= 11 is 6.87. The molecule has 0 aliphatic carbocycles. The van der Waals surface area contributed by atoms with Gasteiger partial charge < -0.3 is 5.73 Å². The molecular weight excluding hydrogens is 392 g/mol. The van der Waals surface area contributed by atoms with E-state index >= 15 is 0 Å². The minimum absolute atomic E-state index is 0.278. The van der Waals surface area contributed by atoms with Crippen LogP contribution in [-0.4, -0.2) is 0 Å². The molecule has 0 aromatic heterocycles. The fourth-order valence-corrected chi connectivity index (χ4v) is 3.05. The topological polar surface area (TPSA) is 26.0 Å². The van der Waals surface area contributed by atoms with E-state index in [1.165, 1.54) is 6.07 Å². The molecule has 5 heteroatoms. The molecular formula is C15H13Br2F2N. The second kappa shape index (κ2) is 5.92. The van der Waals surface area contributed by atoms with Crippen LogP contribution < -0.4 is 5.73 Å².